The van der Waals surface area contributed by atoms with E-state index in [1.54, 1.807) is 0 Å². The van der Waals surface area contributed by atoms with Gasteiger partial charge in [0, 0.05) is 0 Å². The summed E-state index contributed by atoms with van der Waals surface area (Å²) in [5, 5.41) is 0. The van der Waals surface area contributed by atoms with Crippen LogP contribution in [0.4, 0.5) is 0 Å². The predicted molar refractivity (Wildman–Crippen MR) is 48.4 cm³/mol. The van der Waals surface area contributed by atoms with Crippen LogP contribution in [0.15, 0.2) is 11.1 Å². The molecule has 0 unspecified atom stereocenters. The molecule has 2 fully saturated rings. The first-order chi connectivity index (χ1) is 7.69. The van der Waals surface area contributed by atoms with E-state index < -0.39 is 24.1 Å². The minimum absolute atomic E-state index is 0.104. The third kappa shape index (κ3) is 1.03. The Morgan fingerprint density at radius 2 is 1.38 bits per heavy atom. The molecule has 2 saturated heterocycles. The molecule has 3 aliphatic heterocycles. The topological polar surface area (TPSA) is 74.4 Å². The summed E-state index contributed by atoms with van der Waals surface area (Å²) in [5.74, 6) is -1.11. The van der Waals surface area contributed by atoms with E-state index in [-0.39, 0.29) is 23.4 Å². The SMILES string of the molecule is COC(=O)C1=C(C(=O)OC)[C@@H]2O[C@H]1[C@H]1O[C@@H]12. The van der Waals surface area contributed by atoms with Crippen molar-refractivity contribution >= 4 is 11.9 Å². The van der Waals surface area contributed by atoms with Crippen LogP contribution in [-0.4, -0.2) is 50.6 Å². The Labute approximate surface area is 91.1 Å². The maximum atomic E-state index is 11.6. The fraction of sp³-hybridized carbons (Fsp3) is 0.600. The Morgan fingerprint density at radius 3 is 1.75 bits per heavy atom. The Balaban J connectivity index is 2.03. The standard InChI is InChI=1S/C10H10O6/c1-13-9(11)3-4(10(12)14-2)6-8-7(16-8)5(3)15-6/h5-8H,1-2H3/t5-,6+,7-,8-/m1/s1. The van der Waals surface area contributed by atoms with Gasteiger partial charge in [0.2, 0.25) is 0 Å². The molecule has 2 bridgehead atoms. The maximum Gasteiger partial charge on any atom is 0.337 e. The van der Waals surface area contributed by atoms with Crippen LogP contribution in [0.25, 0.3) is 0 Å². The smallest absolute Gasteiger partial charge is 0.337 e. The average Bonchev–Trinajstić information content (AvgIpc) is 2.93. The molecule has 0 aromatic heterocycles. The molecule has 0 aromatic carbocycles. The van der Waals surface area contributed by atoms with Crippen molar-refractivity contribution in [2.75, 3.05) is 14.2 Å². The fourth-order valence-electron chi connectivity index (χ4n) is 2.38. The highest BCUT2D eigenvalue weighted by Gasteiger charge is 2.67. The molecule has 16 heavy (non-hydrogen) atoms. The molecular formula is C10H10O6. The first-order valence-electron chi connectivity index (χ1n) is 4.90. The summed E-state index contributed by atoms with van der Waals surface area (Å²) in [6.45, 7) is 0. The van der Waals surface area contributed by atoms with Crippen LogP contribution in [0, 0.1) is 0 Å². The Hall–Kier alpha value is -1.40. The van der Waals surface area contributed by atoms with Crippen LogP contribution < -0.4 is 0 Å². The van der Waals surface area contributed by atoms with Gasteiger partial charge in [0.05, 0.1) is 25.4 Å². The van der Waals surface area contributed by atoms with Gasteiger partial charge >= 0.3 is 11.9 Å². The lowest BCUT2D eigenvalue weighted by Crippen LogP contribution is -2.28. The Bertz CT molecular complexity index is 376. The summed E-state index contributed by atoms with van der Waals surface area (Å²) in [6, 6.07) is 0. The zero-order valence-electron chi connectivity index (χ0n) is 8.76. The number of carbonyl (C=O) groups is 2. The van der Waals surface area contributed by atoms with Crippen LogP contribution >= 0.6 is 0 Å². The van der Waals surface area contributed by atoms with Crippen molar-refractivity contribution < 1.29 is 28.5 Å². The lowest BCUT2D eigenvalue weighted by atomic mass is 9.92. The zero-order valence-corrected chi connectivity index (χ0v) is 8.76. The number of epoxide rings is 1. The molecule has 0 aliphatic carbocycles. The molecule has 0 radical (unpaired) electrons. The summed E-state index contributed by atoms with van der Waals surface area (Å²) in [6.07, 6.45) is -1.16. The Kier molecular flexibility index (Phi) is 1.87. The van der Waals surface area contributed by atoms with Gasteiger partial charge in [-0.25, -0.2) is 9.59 Å². The van der Waals surface area contributed by atoms with Crippen molar-refractivity contribution in [1.29, 1.82) is 0 Å². The van der Waals surface area contributed by atoms with E-state index in [1.807, 2.05) is 0 Å². The predicted octanol–water partition coefficient (Wildman–Crippen LogP) is -0.823. The largest absolute Gasteiger partial charge is 0.466 e. The van der Waals surface area contributed by atoms with Gasteiger partial charge in [-0.15, -0.1) is 0 Å². The number of carbonyl (C=O) groups excluding carboxylic acids is 2. The lowest BCUT2D eigenvalue weighted by Gasteiger charge is -2.10. The van der Waals surface area contributed by atoms with E-state index in [0.29, 0.717) is 0 Å². The van der Waals surface area contributed by atoms with Gasteiger partial charge in [0.1, 0.15) is 24.4 Å². The lowest BCUT2D eigenvalue weighted by molar-refractivity contribution is -0.139. The second-order valence-corrected chi connectivity index (χ2v) is 3.85. The quantitative estimate of drug-likeness (QED) is 0.452. The van der Waals surface area contributed by atoms with Gasteiger partial charge in [-0.1, -0.05) is 0 Å². The molecule has 3 rings (SSSR count). The van der Waals surface area contributed by atoms with E-state index in [1.165, 1.54) is 14.2 Å². The molecule has 0 amide bonds. The number of hydrogen-bond acceptors (Lipinski definition) is 6. The van der Waals surface area contributed by atoms with Crippen LogP contribution in [0.3, 0.4) is 0 Å². The van der Waals surface area contributed by atoms with Crippen molar-refractivity contribution in [3.05, 3.63) is 11.1 Å². The highest BCUT2D eigenvalue weighted by molar-refractivity contribution is 6.03. The van der Waals surface area contributed by atoms with E-state index in [4.69, 9.17) is 9.47 Å². The molecule has 0 N–H and O–H groups in total. The summed E-state index contributed by atoms with van der Waals surface area (Å²) in [5.41, 5.74) is 0.496. The van der Waals surface area contributed by atoms with Gasteiger partial charge in [0.15, 0.2) is 0 Å². The van der Waals surface area contributed by atoms with Gasteiger partial charge in [-0.05, 0) is 0 Å². The van der Waals surface area contributed by atoms with Crippen molar-refractivity contribution in [2.24, 2.45) is 0 Å². The number of esters is 2. The van der Waals surface area contributed by atoms with Crippen LogP contribution in [0.1, 0.15) is 0 Å². The summed E-state index contributed by atoms with van der Waals surface area (Å²) < 4.78 is 20.1. The van der Waals surface area contributed by atoms with Crippen molar-refractivity contribution in [1.82, 2.24) is 0 Å². The van der Waals surface area contributed by atoms with Gasteiger partial charge in [-0.3, -0.25) is 0 Å². The van der Waals surface area contributed by atoms with Crippen LogP contribution in [-0.2, 0) is 28.5 Å². The minimum Gasteiger partial charge on any atom is -0.466 e. The van der Waals surface area contributed by atoms with Crippen LogP contribution in [0.5, 0.6) is 0 Å². The maximum absolute atomic E-state index is 11.6. The molecule has 4 atom stereocenters. The van der Waals surface area contributed by atoms with Gasteiger partial charge in [0.25, 0.3) is 0 Å². The number of fused-ring (bicyclic) bond motifs is 5. The molecule has 0 spiro atoms. The Morgan fingerprint density at radius 1 is 0.938 bits per heavy atom. The van der Waals surface area contributed by atoms with Gasteiger partial charge < -0.3 is 18.9 Å². The normalized spacial score (nSPS) is 38.4. The average molecular weight is 226 g/mol. The molecule has 0 aromatic rings. The molecule has 6 nitrogen and oxygen atoms in total. The monoisotopic (exact) mass is 226 g/mol. The molecule has 3 aliphatic rings. The van der Waals surface area contributed by atoms with E-state index in [9.17, 15) is 9.59 Å². The van der Waals surface area contributed by atoms with E-state index >= 15 is 0 Å². The molecule has 0 saturated carbocycles. The first kappa shape index (κ1) is 9.80. The van der Waals surface area contributed by atoms with Crippen LogP contribution in [0.2, 0.25) is 0 Å². The number of ether oxygens (including phenoxy) is 4. The highest BCUT2D eigenvalue weighted by atomic mass is 16.7. The number of hydrogen-bond donors (Lipinski definition) is 0. The zero-order chi connectivity index (χ0) is 11.4. The second-order valence-electron chi connectivity index (χ2n) is 3.85. The second kappa shape index (κ2) is 3.05. The minimum atomic E-state index is -0.554. The summed E-state index contributed by atoms with van der Waals surface area (Å²) in [7, 11) is 2.53. The number of methoxy groups -OCH3 is 2. The summed E-state index contributed by atoms with van der Waals surface area (Å²) in [4.78, 5) is 23.2. The van der Waals surface area contributed by atoms with Crippen molar-refractivity contribution in [3.8, 4) is 0 Å². The van der Waals surface area contributed by atoms with Gasteiger partial charge in [-0.2, -0.15) is 0 Å². The molecular weight excluding hydrogens is 216 g/mol. The fourth-order valence-corrected chi connectivity index (χ4v) is 2.38. The van der Waals surface area contributed by atoms with Crippen molar-refractivity contribution in [3.63, 3.8) is 0 Å². The van der Waals surface area contributed by atoms with Crippen molar-refractivity contribution in [2.45, 2.75) is 24.4 Å². The number of rotatable bonds is 2. The molecule has 86 valence electrons. The third-order valence-electron chi connectivity index (χ3n) is 3.12. The molecule has 6 heteroatoms. The third-order valence-corrected chi connectivity index (χ3v) is 3.12. The van der Waals surface area contributed by atoms with E-state index in [0.717, 1.165) is 0 Å². The first-order valence-corrected chi connectivity index (χ1v) is 4.90. The highest BCUT2D eigenvalue weighted by Crippen LogP contribution is 2.51. The summed E-state index contributed by atoms with van der Waals surface area (Å²) >= 11 is 0. The van der Waals surface area contributed by atoms with E-state index in [2.05, 4.69) is 9.47 Å². The molecule has 3 heterocycles.